The quantitative estimate of drug-likeness (QED) is 0.889. The van der Waals surface area contributed by atoms with Crippen molar-refractivity contribution in [3.8, 4) is 0 Å². The van der Waals surface area contributed by atoms with Crippen molar-refractivity contribution in [2.45, 2.75) is 26.9 Å². The molecule has 6 heteroatoms. The van der Waals surface area contributed by atoms with E-state index in [9.17, 15) is 9.59 Å². The molecule has 2 aromatic rings. The van der Waals surface area contributed by atoms with Gasteiger partial charge in [-0.3, -0.25) is 9.59 Å². The Hall–Kier alpha value is -2.08. The molecule has 2 heterocycles. The van der Waals surface area contributed by atoms with E-state index in [-0.39, 0.29) is 11.5 Å². The van der Waals surface area contributed by atoms with Crippen LogP contribution in [0.5, 0.6) is 0 Å². The molecule has 0 saturated carbocycles. The maximum atomic E-state index is 11.5. The highest BCUT2D eigenvalue weighted by Crippen LogP contribution is 2.23. The topological polar surface area (TPSA) is 63.1 Å². The van der Waals surface area contributed by atoms with Gasteiger partial charge < -0.3 is 15.2 Å². The maximum Gasteiger partial charge on any atom is 0.250 e. The van der Waals surface area contributed by atoms with E-state index in [4.69, 9.17) is 0 Å². The number of thiophene rings is 1. The van der Waals surface area contributed by atoms with Crippen molar-refractivity contribution in [3.05, 3.63) is 45.0 Å². The molecule has 106 valence electrons. The minimum Gasteiger partial charge on any atom is -0.379 e. The van der Waals surface area contributed by atoms with Crippen LogP contribution in [-0.2, 0) is 17.9 Å². The highest BCUT2D eigenvalue weighted by atomic mass is 32.1. The van der Waals surface area contributed by atoms with E-state index in [1.165, 1.54) is 6.92 Å². The normalized spacial score (nSPS) is 10.3. The van der Waals surface area contributed by atoms with Crippen molar-refractivity contribution in [2.75, 3.05) is 10.6 Å². The summed E-state index contributed by atoms with van der Waals surface area (Å²) >= 11 is 1.58. The Morgan fingerprint density at radius 2 is 2.15 bits per heavy atom. The molecule has 0 aliphatic carbocycles. The SMILES string of the molecule is CCn1cc(NCc2sccc2NC(C)=O)ccc1=O. The average molecular weight is 291 g/mol. The molecule has 2 aromatic heterocycles. The fraction of sp³-hybridized carbons (Fsp3) is 0.286. The molecule has 20 heavy (non-hydrogen) atoms. The Labute approximate surface area is 121 Å². The van der Waals surface area contributed by atoms with E-state index in [0.717, 1.165) is 16.3 Å². The van der Waals surface area contributed by atoms with Crippen LogP contribution < -0.4 is 16.2 Å². The third-order valence-electron chi connectivity index (χ3n) is 2.83. The lowest BCUT2D eigenvalue weighted by atomic mass is 10.3. The summed E-state index contributed by atoms with van der Waals surface area (Å²) in [6.07, 6.45) is 1.80. The van der Waals surface area contributed by atoms with E-state index in [2.05, 4.69) is 10.6 Å². The minimum atomic E-state index is -0.0795. The Bertz CT molecular complexity index is 660. The van der Waals surface area contributed by atoms with Gasteiger partial charge in [0.1, 0.15) is 0 Å². The summed E-state index contributed by atoms with van der Waals surface area (Å²) in [7, 11) is 0. The van der Waals surface area contributed by atoms with Gasteiger partial charge in [0.05, 0.1) is 17.9 Å². The Morgan fingerprint density at radius 1 is 1.35 bits per heavy atom. The second-order valence-electron chi connectivity index (χ2n) is 4.33. The number of nitrogens with zero attached hydrogens (tertiary/aromatic N) is 1. The van der Waals surface area contributed by atoms with Gasteiger partial charge in [-0.2, -0.15) is 0 Å². The largest absolute Gasteiger partial charge is 0.379 e. The molecule has 1 amide bonds. The van der Waals surface area contributed by atoms with Crippen molar-refractivity contribution in [2.24, 2.45) is 0 Å². The van der Waals surface area contributed by atoms with E-state index in [1.54, 1.807) is 34.2 Å². The first kappa shape index (κ1) is 14.3. The van der Waals surface area contributed by atoms with Gasteiger partial charge in [-0.05, 0) is 24.4 Å². The summed E-state index contributed by atoms with van der Waals surface area (Å²) in [6.45, 7) is 4.67. The number of hydrogen-bond donors (Lipinski definition) is 2. The number of aromatic nitrogens is 1. The lowest BCUT2D eigenvalue weighted by Gasteiger charge is -2.09. The van der Waals surface area contributed by atoms with Gasteiger partial charge in [-0.25, -0.2) is 0 Å². The summed E-state index contributed by atoms with van der Waals surface area (Å²) in [5, 5.41) is 8.00. The van der Waals surface area contributed by atoms with Crippen molar-refractivity contribution < 1.29 is 4.79 Å². The summed E-state index contributed by atoms with van der Waals surface area (Å²) in [5.41, 5.74) is 1.71. The lowest BCUT2D eigenvalue weighted by Crippen LogP contribution is -2.17. The van der Waals surface area contributed by atoms with Gasteiger partial charge >= 0.3 is 0 Å². The zero-order chi connectivity index (χ0) is 14.5. The van der Waals surface area contributed by atoms with Crippen molar-refractivity contribution in [1.82, 2.24) is 4.57 Å². The third-order valence-corrected chi connectivity index (χ3v) is 3.75. The molecule has 0 atom stereocenters. The van der Waals surface area contributed by atoms with Crippen LogP contribution in [0.3, 0.4) is 0 Å². The van der Waals surface area contributed by atoms with E-state index in [1.807, 2.05) is 18.4 Å². The zero-order valence-corrected chi connectivity index (χ0v) is 12.3. The standard InChI is InChI=1S/C14H17N3O2S/c1-3-17-9-11(4-5-14(17)19)15-8-13-12(6-7-20-13)16-10(2)18/h4-7,9,15H,3,8H2,1-2H3,(H,16,18). The Kier molecular flexibility index (Phi) is 4.57. The fourth-order valence-corrected chi connectivity index (χ4v) is 2.61. The van der Waals surface area contributed by atoms with E-state index < -0.39 is 0 Å². The first-order chi connectivity index (χ1) is 9.60. The van der Waals surface area contributed by atoms with Gasteiger partial charge in [0.15, 0.2) is 0 Å². The number of anilines is 2. The van der Waals surface area contributed by atoms with Crippen molar-refractivity contribution >= 4 is 28.6 Å². The molecule has 0 aliphatic rings. The highest BCUT2D eigenvalue weighted by Gasteiger charge is 2.06. The first-order valence-corrected chi connectivity index (χ1v) is 7.26. The number of carbonyl (C=O) groups is 1. The second-order valence-corrected chi connectivity index (χ2v) is 5.33. The summed E-state index contributed by atoms with van der Waals surface area (Å²) in [5.74, 6) is -0.0795. The van der Waals surface area contributed by atoms with E-state index >= 15 is 0 Å². The molecular weight excluding hydrogens is 274 g/mol. The van der Waals surface area contributed by atoms with Crippen LogP contribution in [0.1, 0.15) is 18.7 Å². The number of rotatable bonds is 5. The summed E-state index contributed by atoms with van der Waals surface area (Å²) < 4.78 is 1.64. The third kappa shape index (κ3) is 3.48. The average Bonchev–Trinajstić information content (AvgIpc) is 2.84. The molecule has 2 rings (SSSR count). The predicted octanol–water partition coefficient (Wildman–Crippen LogP) is 2.50. The van der Waals surface area contributed by atoms with Crippen molar-refractivity contribution in [3.63, 3.8) is 0 Å². The van der Waals surface area contributed by atoms with Crippen LogP contribution >= 0.6 is 11.3 Å². The monoisotopic (exact) mass is 291 g/mol. The molecule has 0 aromatic carbocycles. The van der Waals surface area contributed by atoms with Crippen LogP contribution in [0.4, 0.5) is 11.4 Å². The number of pyridine rings is 1. The Balaban J connectivity index is 2.07. The summed E-state index contributed by atoms with van der Waals surface area (Å²) in [4.78, 5) is 23.6. The van der Waals surface area contributed by atoms with Gasteiger partial charge in [0, 0.05) is 30.6 Å². The maximum absolute atomic E-state index is 11.5. The molecule has 0 spiro atoms. The smallest absolute Gasteiger partial charge is 0.250 e. The van der Waals surface area contributed by atoms with Gasteiger partial charge in [-0.15, -0.1) is 11.3 Å². The number of nitrogens with one attached hydrogen (secondary N) is 2. The lowest BCUT2D eigenvalue weighted by molar-refractivity contribution is -0.114. The number of aryl methyl sites for hydroxylation is 1. The van der Waals surface area contributed by atoms with E-state index in [0.29, 0.717) is 13.1 Å². The van der Waals surface area contributed by atoms with Crippen molar-refractivity contribution in [1.29, 1.82) is 0 Å². The molecule has 0 bridgehead atoms. The first-order valence-electron chi connectivity index (χ1n) is 6.38. The van der Waals surface area contributed by atoms with Gasteiger partial charge in [-0.1, -0.05) is 0 Å². The number of carbonyl (C=O) groups excluding carboxylic acids is 1. The van der Waals surface area contributed by atoms with Gasteiger partial charge in [0.2, 0.25) is 5.91 Å². The van der Waals surface area contributed by atoms with Crippen LogP contribution in [0.15, 0.2) is 34.6 Å². The second kappa shape index (κ2) is 6.38. The Morgan fingerprint density at radius 3 is 2.85 bits per heavy atom. The molecule has 0 radical (unpaired) electrons. The molecule has 0 aliphatic heterocycles. The number of hydrogen-bond acceptors (Lipinski definition) is 4. The van der Waals surface area contributed by atoms with Gasteiger partial charge in [0.25, 0.3) is 5.56 Å². The van der Waals surface area contributed by atoms with Crippen LogP contribution in [0, 0.1) is 0 Å². The molecule has 5 nitrogen and oxygen atoms in total. The molecule has 0 fully saturated rings. The predicted molar refractivity (Wildman–Crippen MR) is 82.3 cm³/mol. The highest BCUT2D eigenvalue weighted by molar-refractivity contribution is 7.10. The fourth-order valence-electron chi connectivity index (χ4n) is 1.84. The molecular formula is C14H17N3O2S. The molecule has 0 saturated heterocycles. The van der Waals surface area contributed by atoms with Crippen LogP contribution in [0.25, 0.3) is 0 Å². The molecule has 2 N–H and O–H groups in total. The molecule has 0 unspecified atom stereocenters. The minimum absolute atomic E-state index is 0.00638. The van der Waals surface area contributed by atoms with Crippen LogP contribution in [0.2, 0.25) is 0 Å². The number of amides is 1. The summed E-state index contributed by atoms with van der Waals surface area (Å²) in [6, 6.07) is 5.20. The zero-order valence-electron chi connectivity index (χ0n) is 11.5. The van der Waals surface area contributed by atoms with Crippen LogP contribution in [-0.4, -0.2) is 10.5 Å².